The highest BCUT2D eigenvalue weighted by atomic mass is 35.5. The maximum Gasteiger partial charge on any atom is 0.323 e. The number of halogens is 1. The quantitative estimate of drug-likeness (QED) is 0.424. The van der Waals surface area contributed by atoms with Gasteiger partial charge in [-0.15, -0.1) is 0 Å². The van der Waals surface area contributed by atoms with Gasteiger partial charge < -0.3 is 20.3 Å². The molecule has 4 rings (SSSR count). The minimum Gasteiger partial charge on any atom is -0.457 e. The number of carbonyl (C=O) groups excluding carboxylic acids is 2. The van der Waals surface area contributed by atoms with Crippen LogP contribution in [-0.2, 0) is 11.2 Å². The number of hydrogen-bond donors (Lipinski definition) is 3. The van der Waals surface area contributed by atoms with Crippen molar-refractivity contribution in [2.24, 2.45) is 0 Å². The molecule has 1 fully saturated rings. The number of amides is 3. The van der Waals surface area contributed by atoms with Crippen LogP contribution < -0.4 is 20.7 Å². The molecule has 0 bridgehead atoms. The number of benzene rings is 2. The lowest BCUT2D eigenvalue weighted by molar-refractivity contribution is -0.119. The molecule has 1 aliphatic heterocycles. The van der Waals surface area contributed by atoms with E-state index < -0.39 is 0 Å². The van der Waals surface area contributed by atoms with Crippen molar-refractivity contribution < 1.29 is 14.3 Å². The van der Waals surface area contributed by atoms with Gasteiger partial charge in [0.25, 0.3) is 0 Å². The zero-order valence-electron chi connectivity index (χ0n) is 18.1. The lowest BCUT2D eigenvalue weighted by Gasteiger charge is -2.30. The van der Waals surface area contributed by atoms with Gasteiger partial charge in [-0.3, -0.25) is 10.1 Å². The smallest absolute Gasteiger partial charge is 0.323 e. The van der Waals surface area contributed by atoms with E-state index in [-0.39, 0.29) is 23.5 Å². The number of carbonyl (C=O) groups is 2. The number of rotatable bonds is 6. The summed E-state index contributed by atoms with van der Waals surface area (Å²) in [5, 5.41) is 8.82. The highest BCUT2D eigenvalue weighted by Crippen LogP contribution is 2.30. The SMILES string of the molecule is O=C(Cc1ccccc1)NC(=S)Nc1ccc(Oc2ccnc(NC(=O)N3CCC3)c2)cc1Cl. The summed E-state index contributed by atoms with van der Waals surface area (Å²) >= 11 is 11.6. The zero-order valence-corrected chi connectivity index (χ0v) is 19.7. The second-order valence-corrected chi connectivity index (χ2v) is 8.37. The molecule has 0 radical (unpaired) electrons. The summed E-state index contributed by atoms with van der Waals surface area (Å²) in [5.74, 6) is 1.15. The first kappa shape index (κ1) is 23.5. The summed E-state index contributed by atoms with van der Waals surface area (Å²) in [6.45, 7) is 1.50. The molecule has 0 atom stereocenters. The van der Waals surface area contributed by atoms with Crippen LogP contribution in [0.4, 0.5) is 16.3 Å². The van der Waals surface area contributed by atoms with E-state index >= 15 is 0 Å². The number of ether oxygens (including phenoxy) is 1. The average Bonchev–Trinajstić information content (AvgIpc) is 2.75. The van der Waals surface area contributed by atoms with Crippen molar-refractivity contribution in [3.05, 3.63) is 77.4 Å². The lowest BCUT2D eigenvalue weighted by atomic mass is 10.1. The third-order valence-corrected chi connectivity index (χ3v) is 5.51. The van der Waals surface area contributed by atoms with E-state index in [0.717, 1.165) is 25.1 Å². The number of likely N-dealkylation sites (tertiary alicyclic amines) is 1. The maximum atomic E-state index is 12.2. The first-order chi connectivity index (χ1) is 16.5. The number of pyridine rings is 1. The topological polar surface area (TPSA) is 95.6 Å². The molecule has 1 saturated heterocycles. The third kappa shape index (κ3) is 6.43. The molecule has 1 aliphatic rings. The average molecular weight is 496 g/mol. The molecule has 34 heavy (non-hydrogen) atoms. The van der Waals surface area contributed by atoms with Gasteiger partial charge in [-0.2, -0.15) is 0 Å². The van der Waals surface area contributed by atoms with Crippen molar-refractivity contribution in [2.75, 3.05) is 23.7 Å². The molecule has 1 aromatic heterocycles. The molecule has 174 valence electrons. The molecule has 0 aliphatic carbocycles. The van der Waals surface area contributed by atoms with E-state index in [1.807, 2.05) is 30.3 Å². The van der Waals surface area contributed by atoms with Gasteiger partial charge in [0.15, 0.2) is 5.11 Å². The largest absolute Gasteiger partial charge is 0.457 e. The number of nitrogens with one attached hydrogen (secondary N) is 3. The first-order valence-corrected chi connectivity index (χ1v) is 11.4. The summed E-state index contributed by atoms with van der Waals surface area (Å²) in [4.78, 5) is 30.1. The normalized spacial score (nSPS) is 12.3. The van der Waals surface area contributed by atoms with Gasteiger partial charge in [0.05, 0.1) is 17.1 Å². The standard InChI is InChI=1S/C24H22ClN5O3S/c25-19-14-17(33-18-9-10-26-21(15-18)28-24(32)30-11-4-12-30)7-8-20(19)27-23(34)29-22(31)13-16-5-2-1-3-6-16/h1-3,5-10,14-15H,4,11-13H2,(H,26,28,32)(H2,27,29,31,34). The van der Waals surface area contributed by atoms with Crippen LogP contribution in [0.25, 0.3) is 0 Å². The molecule has 2 heterocycles. The number of urea groups is 1. The van der Waals surface area contributed by atoms with Crippen LogP contribution in [-0.4, -0.2) is 40.0 Å². The molecule has 10 heteroatoms. The molecule has 3 aromatic rings. The Kier molecular flexibility index (Phi) is 7.56. The van der Waals surface area contributed by atoms with Crippen molar-refractivity contribution in [3.8, 4) is 11.5 Å². The van der Waals surface area contributed by atoms with Gasteiger partial charge in [0, 0.05) is 31.4 Å². The van der Waals surface area contributed by atoms with Crippen molar-refractivity contribution in [1.82, 2.24) is 15.2 Å². The van der Waals surface area contributed by atoms with Crippen molar-refractivity contribution >= 4 is 52.4 Å². The molecular weight excluding hydrogens is 474 g/mol. The van der Waals surface area contributed by atoms with Gasteiger partial charge in [-0.1, -0.05) is 41.9 Å². The predicted octanol–water partition coefficient (Wildman–Crippen LogP) is 4.82. The Bertz CT molecular complexity index is 1200. The minimum absolute atomic E-state index is 0.146. The fourth-order valence-electron chi connectivity index (χ4n) is 3.15. The maximum absolute atomic E-state index is 12.2. The fourth-order valence-corrected chi connectivity index (χ4v) is 3.59. The van der Waals surface area contributed by atoms with Gasteiger partial charge in [-0.25, -0.2) is 9.78 Å². The van der Waals surface area contributed by atoms with Crippen LogP contribution in [0.5, 0.6) is 11.5 Å². The fraction of sp³-hybridized carbons (Fsp3) is 0.167. The van der Waals surface area contributed by atoms with Crippen LogP contribution in [0.15, 0.2) is 66.9 Å². The predicted molar refractivity (Wildman–Crippen MR) is 135 cm³/mol. The molecule has 0 saturated carbocycles. The lowest BCUT2D eigenvalue weighted by Crippen LogP contribution is -2.44. The van der Waals surface area contributed by atoms with Crippen LogP contribution in [0, 0.1) is 0 Å². The Morgan fingerprint density at radius 1 is 1.03 bits per heavy atom. The van der Waals surface area contributed by atoms with Crippen LogP contribution >= 0.6 is 23.8 Å². The molecule has 0 spiro atoms. The van der Waals surface area contributed by atoms with Crippen molar-refractivity contribution in [2.45, 2.75) is 12.8 Å². The van der Waals surface area contributed by atoms with Gasteiger partial charge in [-0.05, 0) is 42.4 Å². The van der Waals surface area contributed by atoms with Crippen molar-refractivity contribution in [1.29, 1.82) is 0 Å². The second kappa shape index (κ2) is 11.0. The Morgan fingerprint density at radius 3 is 2.50 bits per heavy atom. The van der Waals surface area contributed by atoms with Gasteiger partial charge in [0.1, 0.15) is 17.3 Å². The van der Waals surface area contributed by atoms with Gasteiger partial charge in [0.2, 0.25) is 5.91 Å². The molecule has 0 unspecified atom stereocenters. The Labute approximate surface area is 207 Å². The van der Waals surface area contributed by atoms with E-state index in [2.05, 4.69) is 20.9 Å². The second-order valence-electron chi connectivity index (χ2n) is 7.56. The number of aromatic nitrogens is 1. The summed E-state index contributed by atoms with van der Waals surface area (Å²) in [6, 6.07) is 17.5. The van der Waals surface area contributed by atoms with E-state index in [1.54, 1.807) is 41.4 Å². The summed E-state index contributed by atoms with van der Waals surface area (Å²) in [6.07, 6.45) is 2.78. The Balaban J connectivity index is 1.32. The zero-order chi connectivity index (χ0) is 23.9. The van der Waals surface area contributed by atoms with E-state index in [4.69, 9.17) is 28.6 Å². The summed E-state index contributed by atoms with van der Waals surface area (Å²) < 4.78 is 5.85. The number of thiocarbonyl (C=S) groups is 1. The third-order valence-electron chi connectivity index (χ3n) is 4.99. The monoisotopic (exact) mass is 495 g/mol. The molecule has 2 aromatic carbocycles. The highest BCUT2D eigenvalue weighted by molar-refractivity contribution is 7.80. The molecule has 3 amide bonds. The molecule has 8 nitrogen and oxygen atoms in total. The highest BCUT2D eigenvalue weighted by Gasteiger charge is 2.20. The van der Waals surface area contributed by atoms with Crippen molar-refractivity contribution in [3.63, 3.8) is 0 Å². The number of hydrogen-bond acceptors (Lipinski definition) is 5. The summed E-state index contributed by atoms with van der Waals surface area (Å²) in [5.41, 5.74) is 1.41. The Morgan fingerprint density at radius 2 is 1.79 bits per heavy atom. The first-order valence-electron chi connectivity index (χ1n) is 10.6. The number of nitrogens with zero attached hydrogens (tertiary/aromatic N) is 2. The molecule has 3 N–H and O–H groups in total. The minimum atomic E-state index is -0.227. The van der Waals surface area contributed by atoms with E-state index in [0.29, 0.717) is 28.0 Å². The summed E-state index contributed by atoms with van der Waals surface area (Å²) in [7, 11) is 0. The van der Waals surface area contributed by atoms with Gasteiger partial charge >= 0.3 is 6.03 Å². The van der Waals surface area contributed by atoms with Crippen LogP contribution in [0.3, 0.4) is 0 Å². The molecular formula is C24H22ClN5O3S. The Hall–Kier alpha value is -3.69. The number of anilines is 2. The van der Waals surface area contributed by atoms with E-state index in [1.165, 1.54) is 0 Å². The van der Waals surface area contributed by atoms with Crippen LogP contribution in [0.1, 0.15) is 12.0 Å². The van der Waals surface area contributed by atoms with Crippen LogP contribution in [0.2, 0.25) is 5.02 Å². The van der Waals surface area contributed by atoms with E-state index in [9.17, 15) is 9.59 Å².